The lowest BCUT2D eigenvalue weighted by Gasteiger charge is -2.09. The van der Waals surface area contributed by atoms with Crippen LogP contribution in [0, 0.1) is 6.92 Å². The van der Waals surface area contributed by atoms with Gasteiger partial charge in [0.15, 0.2) is 0 Å². The van der Waals surface area contributed by atoms with Crippen LogP contribution < -0.4 is 5.43 Å². The molecule has 3 nitrogen and oxygen atoms in total. The molecule has 0 heterocycles. The fourth-order valence-electron chi connectivity index (χ4n) is 1.72. The van der Waals surface area contributed by atoms with Gasteiger partial charge in [-0.25, -0.2) is 5.43 Å². The molecule has 114 valence electrons. The van der Waals surface area contributed by atoms with Crippen molar-refractivity contribution < 1.29 is 4.79 Å². The molecule has 0 aliphatic rings. The molecule has 2 rings (SSSR count). The lowest BCUT2D eigenvalue weighted by molar-refractivity contribution is -0.120. The number of nitrogens with zero attached hydrogens (tertiary/aromatic N) is 1. The van der Waals surface area contributed by atoms with E-state index in [9.17, 15) is 4.79 Å². The number of nitrogens with one attached hydrogen (secondary N) is 1. The number of aryl methyl sites for hydroxylation is 1. The van der Waals surface area contributed by atoms with E-state index in [1.807, 2.05) is 50.2 Å². The van der Waals surface area contributed by atoms with Gasteiger partial charge >= 0.3 is 0 Å². The summed E-state index contributed by atoms with van der Waals surface area (Å²) in [6.07, 6.45) is 1.58. The van der Waals surface area contributed by atoms with Crippen molar-refractivity contribution in [1.29, 1.82) is 0 Å². The van der Waals surface area contributed by atoms with Gasteiger partial charge in [-0.2, -0.15) is 5.10 Å². The highest BCUT2D eigenvalue weighted by atomic mass is 35.5. The number of hydrazone groups is 1. The van der Waals surface area contributed by atoms with Gasteiger partial charge in [0, 0.05) is 9.92 Å². The Labute approximate surface area is 139 Å². The summed E-state index contributed by atoms with van der Waals surface area (Å²) in [6.45, 7) is 3.89. The Morgan fingerprint density at radius 3 is 2.68 bits per heavy atom. The lowest BCUT2D eigenvalue weighted by atomic mass is 10.2. The molecule has 0 bridgehead atoms. The van der Waals surface area contributed by atoms with Crippen LogP contribution in [-0.4, -0.2) is 17.4 Å². The van der Waals surface area contributed by atoms with Crippen LogP contribution in [0.15, 0.2) is 58.5 Å². The molecular formula is C17H17ClN2OS. The van der Waals surface area contributed by atoms with Gasteiger partial charge in [0.05, 0.1) is 11.5 Å². The first-order valence-corrected chi connectivity index (χ1v) is 8.12. The van der Waals surface area contributed by atoms with Crippen LogP contribution in [0.25, 0.3) is 0 Å². The maximum Gasteiger partial charge on any atom is 0.253 e. The summed E-state index contributed by atoms with van der Waals surface area (Å²) in [5.41, 5.74) is 4.59. The molecule has 0 saturated heterocycles. The third-order valence-corrected chi connectivity index (χ3v) is 4.29. The minimum atomic E-state index is -0.223. The Morgan fingerprint density at radius 2 is 2.00 bits per heavy atom. The second kappa shape index (κ2) is 8.01. The molecule has 0 fully saturated rings. The average Bonchev–Trinajstić information content (AvgIpc) is 2.49. The zero-order valence-electron chi connectivity index (χ0n) is 12.4. The fraction of sp³-hybridized carbons (Fsp3) is 0.176. The predicted octanol–water partition coefficient (Wildman–Crippen LogP) is 4.28. The van der Waals surface area contributed by atoms with E-state index in [0.29, 0.717) is 5.02 Å². The van der Waals surface area contributed by atoms with Gasteiger partial charge in [-0.1, -0.05) is 41.4 Å². The summed E-state index contributed by atoms with van der Waals surface area (Å²) in [5, 5.41) is 4.38. The molecule has 0 saturated carbocycles. The van der Waals surface area contributed by atoms with E-state index in [2.05, 4.69) is 10.5 Å². The first-order chi connectivity index (χ1) is 10.5. The second-order valence-electron chi connectivity index (χ2n) is 4.86. The second-order valence-corrected chi connectivity index (χ2v) is 6.71. The SMILES string of the molecule is Cc1ccc(S[C@H](C)C(=O)N/N=C\c2cccc(Cl)c2)cc1. The van der Waals surface area contributed by atoms with Gasteiger partial charge in [0.1, 0.15) is 0 Å². The summed E-state index contributed by atoms with van der Waals surface area (Å²) >= 11 is 7.39. The first kappa shape index (κ1) is 16.6. The number of benzene rings is 2. The van der Waals surface area contributed by atoms with Crippen LogP contribution in [0.1, 0.15) is 18.1 Å². The van der Waals surface area contributed by atoms with Gasteiger partial charge in [-0.15, -0.1) is 11.8 Å². The molecule has 0 spiro atoms. The number of halogens is 1. The quantitative estimate of drug-likeness (QED) is 0.504. The molecule has 2 aromatic carbocycles. The molecule has 0 aromatic heterocycles. The smallest absolute Gasteiger partial charge is 0.253 e. The Bertz CT molecular complexity index is 671. The highest BCUT2D eigenvalue weighted by molar-refractivity contribution is 8.00. The van der Waals surface area contributed by atoms with Crippen LogP contribution in [0.5, 0.6) is 0 Å². The largest absolute Gasteiger partial charge is 0.272 e. The summed E-state index contributed by atoms with van der Waals surface area (Å²) in [4.78, 5) is 13.1. The number of rotatable bonds is 5. The predicted molar refractivity (Wildman–Crippen MR) is 93.7 cm³/mol. The average molecular weight is 333 g/mol. The Kier molecular flexibility index (Phi) is 6.04. The van der Waals surface area contributed by atoms with Gasteiger partial charge in [0.2, 0.25) is 0 Å². The Hall–Kier alpha value is -1.78. The van der Waals surface area contributed by atoms with Crippen LogP contribution >= 0.6 is 23.4 Å². The molecule has 1 amide bonds. The molecule has 0 aliphatic carbocycles. The topological polar surface area (TPSA) is 41.5 Å². The van der Waals surface area contributed by atoms with Gasteiger partial charge in [-0.3, -0.25) is 4.79 Å². The van der Waals surface area contributed by atoms with Crippen molar-refractivity contribution in [2.45, 2.75) is 24.0 Å². The summed E-state index contributed by atoms with van der Waals surface area (Å²) in [6, 6.07) is 15.4. The molecule has 1 N–H and O–H groups in total. The maximum atomic E-state index is 12.0. The minimum Gasteiger partial charge on any atom is -0.272 e. The van der Waals surface area contributed by atoms with E-state index in [4.69, 9.17) is 11.6 Å². The van der Waals surface area contributed by atoms with Crippen molar-refractivity contribution in [2.75, 3.05) is 0 Å². The van der Waals surface area contributed by atoms with Crippen LogP contribution in [0.4, 0.5) is 0 Å². The molecule has 0 aliphatic heterocycles. The number of amides is 1. The van der Waals surface area contributed by atoms with E-state index in [1.54, 1.807) is 18.3 Å². The highest BCUT2D eigenvalue weighted by Crippen LogP contribution is 2.23. The summed E-state index contributed by atoms with van der Waals surface area (Å²) in [5.74, 6) is -0.135. The zero-order valence-corrected chi connectivity index (χ0v) is 14.0. The monoisotopic (exact) mass is 332 g/mol. The van der Waals surface area contributed by atoms with E-state index < -0.39 is 0 Å². The molecule has 0 radical (unpaired) electrons. The Morgan fingerprint density at radius 1 is 1.27 bits per heavy atom. The number of hydrogen-bond donors (Lipinski definition) is 1. The van der Waals surface area contributed by atoms with Crippen LogP contribution in [-0.2, 0) is 4.79 Å². The van der Waals surface area contributed by atoms with E-state index in [0.717, 1.165) is 10.5 Å². The highest BCUT2D eigenvalue weighted by Gasteiger charge is 2.13. The van der Waals surface area contributed by atoms with Crippen molar-refractivity contribution in [3.8, 4) is 0 Å². The molecule has 5 heteroatoms. The normalized spacial score (nSPS) is 12.3. The number of carbonyl (C=O) groups is 1. The van der Waals surface area contributed by atoms with Crippen LogP contribution in [0.3, 0.4) is 0 Å². The zero-order chi connectivity index (χ0) is 15.9. The maximum absolute atomic E-state index is 12.0. The molecule has 2 aromatic rings. The standard InChI is InChI=1S/C17H17ClN2OS/c1-12-6-8-16(9-7-12)22-13(2)17(21)20-19-11-14-4-3-5-15(18)10-14/h3-11,13H,1-2H3,(H,20,21)/b19-11-/t13-/m1/s1. The number of carbonyl (C=O) groups excluding carboxylic acids is 1. The first-order valence-electron chi connectivity index (χ1n) is 6.86. The number of thioether (sulfide) groups is 1. The minimum absolute atomic E-state index is 0.135. The summed E-state index contributed by atoms with van der Waals surface area (Å²) < 4.78 is 0. The molecular weight excluding hydrogens is 316 g/mol. The summed E-state index contributed by atoms with van der Waals surface area (Å²) in [7, 11) is 0. The third-order valence-electron chi connectivity index (χ3n) is 2.94. The van der Waals surface area contributed by atoms with Crippen molar-refractivity contribution in [1.82, 2.24) is 5.43 Å². The Balaban J connectivity index is 1.87. The molecule has 0 unspecified atom stereocenters. The van der Waals surface area contributed by atoms with E-state index in [-0.39, 0.29) is 11.2 Å². The van der Waals surface area contributed by atoms with E-state index >= 15 is 0 Å². The van der Waals surface area contributed by atoms with E-state index in [1.165, 1.54) is 17.3 Å². The number of hydrogen-bond acceptors (Lipinski definition) is 3. The van der Waals surface area contributed by atoms with Crippen molar-refractivity contribution in [3.05, 3.63) is 64.7 Å². The molecule has 1 atom stereocenters. The molecule has 22 heavy (non-hydrogen) atoms. The van der Waals surface area contributed by atoms with Crippen LogP contribution in [0.2, 0.25) is 5.02 Å². The fourth-order valence-corrected chi connectivity index (χ4v) is 2.78. The van der Waals surface area contributed by atoms with Crippen molar-refractivity contribution >= 4 is 35.5 Å². The van der Waals surface area contributed by atoms with Crippen molar-refractivity contribution in [3.63, 3.8) is 0 Å². The van der Waals surface area contributed by atoms with Crippen molar-refractivity contribution in [2.24, 2.45) is 5.10 Å². The lowest BCUT2D eigenvalue weighted by Crippen LogP contribution is -2.26. The van der Waals surface area contributed by atoms with Gasteiger partial charge < -0.3 is 0 Å². The van der Waals surface area contributed by atoms with Gasteiger partial charge in [-0.05, 0) is 43.7 Å². The van der Waals surface area contributed by atoms with Gasteiger partial charge in [0.25, 0.3) is 5.91 Å². The third kappa shape index (κ3) is 5.20.